The highest BCUT2D eigenvalue weighted by Gasteiger charge is 1.84. The first-order chi connectivity index (χ1) is 11.4. The fourth-order valence-electron chi connectivity index (χ4n) is 1.62. The van der Waals surface area contributed by atoms with Gasteiger partial charge in [-0.2, -0.15) is 0 Å². The maximum atomic E-state index is 4.11. The Morgan fingerprint density at radius 1 is 0.583 bits per heavy atom. The van der Waals surface area contributed by atoms with Gasteiger partial charge in [-0.25, -0.2) is 19.9 Å². The Balaban J connectivity index is 0.000000180. The second kappa shape index (κ2) is 10.1. The number of nitrogens with zero attached hydrogens (tertiary/aromatic N) is 6. The zero-order valence-corrected chi connectivity index (χ0v) is 15.1. The van der Waals surface area contributed by atoms with Gasteiger partial charge in [0.2, 0.25) is 0 Å². The maximum absolute atomic E-state index is 4.11. The van der Waals surface area contributed by atoms with Crippen molar-refractivity contribution < 1.29 is 0 Å². The first-order valence-corrected chi connectivity index (χ1v) is 7.63. The molecule has 126 valence electrons. The first kappa shape index (κ1) is 19.3. The Kier molecular flexibility index (Phi) is 8.11. The molecule has 0 N–H and O–H groups in total. The lowest BCUT2D eigenvalue weighted by Crippen LogP contribution is -1.86. The molecule has 0 fully saturated rings. The highest BCUT2D eigenvalue weighted by atomic mass is 14.9. The van der Waals surface area contributed by atoms with E-state index in [9.17, 15) is 0 Å². The highest BCUT2D eigenvalue weighted by molar-refractivity contribution is 5.00. The van der Waals surface area contributed by atoms with Crippen LogP contribution in [-0.2, 0) is 0 Å². The summed E-state index contributed by atoms with van der Waals surface area (Å²) in [6, 6.07) is 1.88. The molecule has 0 radical (unpaired) electrons. The van der Waals surface area contributed by atoms with Crippen LogP contribution in [0.1, 0.15) is 34.3 Å². The summed E-state index contributed by atoms with van der Waals surface area (Å²) in [7, 11) is 0. The summed E-state index contributed by atoms with van der Waals surface area (Å²) >= 11 is 0. The van der Waals surface area contributed by atoms with Gasteiger partial charge in [-0.3, -0.25) is 9.97 Å². The molecule has 0 aromatic carbocycles. The molecule has 3 heterocycles. The van der Waals surface area contributed by atoms with E-state index in [0.717, 1.165) is 34.3 Å². The molecule has 6 nitrogen and oxygen atoms in total. The minimum atomic E-state index is 0.829. The summed E-state index contributed by atoms with van der Waals surface area (Å²) in [6.07, 6.45) is 8.86. The van der Waals surface area contributed by atoms with Crippen LogP contribution in [0.4, 0.5) is 0 Å². The van der Waals surface area contributed by atoms with Crippen molar-refractivity contribution in [2.45, 2.75) is 41.5 Å². The molecule has 3 aromatic heterocycles. The van der Waals surface area contributed by atoms with Crippen LogP contribution in [-0.4, -0.2) is 29.9 Å². The third kappa shape index (κ3) is 8.63. The molecule has 3 aromatic rings. The molecule has 0 atom stereocenters. The zero-order valence-electron chi connectivity index (χ0n) is 15.1. The van der Waals surface area contributed by atoms with E-state index >= 15 is 0 Å². The molecule has 0 saturated heterocycles. The average molecular weight is 324 g/mol. The molecule has 0 aliphatic carbocycles. The van der Waals surface area contributed by atoms with Gasteiger partial charge in [0.05, 0.1) is 11.4 Å². The maximum Gasteiger partial charge on any atom is 0.125 e. The van der Waals surface area contributed by atoms with E-state index in [1.807, 2.05) is 60.0 Å². The van der Waals surface area contributed by atoms with Crippen LogP contribution >= 0.6 is 0 Å². The molecule has 6 heteroatoms. The van der Waals surface area contributed by atoms with E-state index in [1.54, 1.807) is 18.6 Å². The lowest BCUT2D eigenvalue weighted by molar-refractivity contribution is 1.01. The molecule has 24 heavy (non-hydrogen) atoms. The van der Waals surface area contributed by atoms with E-state index in [0.29, 0.717) is 0 Å². The lowest BCUT2D eigenvalue weighted by atomic mass is 10.4. The number of hydrogen-bond acceptors (Lipinski definition) is 6. The van der Waals surface area contributed by atoms with Crippen LogP contribution in [0.25, 0.3) is 0 Å². The molecule has 0 spiro atoms. The Morgan fingerprint density at radius 2 is 1.17 bits per heavy atom. The molecule has 0 amide bonds. The standard InChI is InChI=1S/3C6H8N2/c1-5-3-7-4-6(2)8-5;1-5-3-7-6(2)8-4-5;1-5-3-4-7-6(2)8-5/h3*3-4H,1-2H3. The van der Waals surface area contributed by atoms with Gasteiger partial charge in [0.1, 0.15) is 11.6 Å². The van der Waals surface area contributed by atoms with Crippen molar-refractivity contribution in [1.29, 1.82) is 0 Å². The third-order valence-corrected chi connectivity index (χ3v) is 2.70. The van der Waals surface area contributed by atoms with Crippen molar-refractivity contribution in [3.63, 3.8) is 0 Å². The van der Waals surface area contributed by atoms with Crippen LogP contribution in [0.15, 0.2) is 37.1 Å². The summed E-state index contributed by atoms with van der Waals surface area (Å²) in [5, 5.41) is 0. The monoisotopic (exact) mass is 324 g/mol. The summed E-state index contributed by atoms with van der Waals surface area (Å²) in [5.41, 5.74) is 4.09. The minimum Gasteiger partial charge on any atom is -0.261 e. The van der Waals surface area contributed by atoms with Gasteiger partial charge >= 0.3 is 0 Å². The smallest absolute Gasteiger partial charge is 0.125 e. The van der Waals surface area contributed by atoms with Crippen molar-refractivity contribution in [1.82, 2.24) is 29.9 Å². The van der Waals surface area contributed by atoms with Crippen molar-refractivity contribution in [3.05, 3.63) is 71.3 Å². The molecule has 0 aliphatic rings. The molecular weight excluding hydrogens is 300 g/mol. The lowest BCUT2D eigenvalue weighted by Gasteiger charge is -1.89. The molecule has 0 saturated carbocycles. The van der Waals surface area contributed by atoms with Crippen LogP contribution in [0, 0.1) is 41.5 Å². The summed E-state index contributed by atoms with van der Waals surface area (Å²) < 4.78 is 0. The summed E-state index contributed by atoms with van der Waals surface area (Å²) in [6.45, 7) is 11.5. The molecule has 0 aliphatic heterocycles. The molecule has 0 bridgehead atoms. The first-order valence-electron chi connectivity index (χ1n) is 7.63. The van der Waals surface area contributed by atoms with Crippen molar-refractivity contribution >= 4 is 0 Å². The Labute approximate surface area is 143 Å². The number of hydrogen-bond donors (Lipinski definition) is 0. The fraction of sp³-hybridized carbons (Fsp3) is 0.333. The Hall–Kier alpha value is -2.76. The normalized spacial score (nSPS) is 9.25. The molecular formula is C18H24N6. The van der Waals surface area contributed by atoms with E-state index in [1.165, 1.54) is 0 Å². The van der Waals surface area contributed by atoms with E-state index in [4.69, 9.17) is 0 Å². The van der Waals surface area contributed by atoms with E-state index in [2.05, 4.69) is 29.9 Å². The highest BCUT2D eigenvalue weighted by Crippen LogP contribution is 1.90. The van der Waals surface area contributed by atoms with Crippen LogP contribution in [0.5, 0.6) is 0 Å². The van der Waals surface area contributed by atoms with E-state index in [-0.39, 0.29) is 0 Å². The van der Waals surface area contributed by atoms with Gasteiger partial charge in [0.15, 0.2) is 0 Å². The fourth-order valence-corrected chi connectivity index (χ4v) is 1.62. The minimum absolute atomic E-state index is 0.829. The van der Waals surface area contributed by atoms with Crippen molar-refractivity contribution in [2.24, 2.45) is 0 Å². The second-order valence-corrected chi connectivity index (χ2v) is 5.35. The van der Waals surface area contributed by atoms with Crippen LogP contribution < -0.4 is 0 Å². The SMILES string of the molecule is Cc1ccnc(C)n1.Cc1cnc(C)nc1.Cc1cncc(C)n1. The quantitative estimate of drug-likeness (QED) is 0.631. The largest absolute Gasteiger partial charge is 0.261 e. The average Bonchev–Trinajstić information content (AvgIpc) is 2.51. The third-order valence-electron chi connectivity index (χ3n) is 2.70. The van der Waals surface area contributed by atoms with Crippen LogP contribution in [0.2, 0.25) is 0 Å². The van der Waals surface area contributed by atoms with Crippen molar-refractivity contribution in [2.75, 3.05) is 0 Å². The van der Waals surface area contributed by atoms with Crippen molar-refractivity contribution in [3.8, 4) is 0 Å². The number of aromatic nitrogens is 6. The number of aryl methyl sites for hydroxylation is 6. The predicted octanol–water partition coefficient (Wildman–Crippen LogP) is 3.28. The van der Waals surface area contributed by atoms with Gasteiger partial charge in [0.25, 0.3) is 0 Å². The van der Waals surface area contributed by atoms with Crippen LogP contribution in [0.3, 0.4) is 0 Å². The molecule has 0 unspecified atom stereocenters. The van der Waals surface area contributed by atoms with Gasteiger partial charge in [0, 0.05) is 36.7 Å². The summed E-state index contributed by atoms with van der Waals surface area (Å²) in [4.78, 5) is 24.0. The second-order valence-electron chi connectivity index (χ2n) is 5.35. The van der Waals surface area contributed by atoms with E-state index < -0.39 is 0 Å². The van der Waals surface area contributed by atoms with Gasteiger partial charge in [-0.15, -0.1) is 0 Å². The topological polar surface area (TPSA) is 77.3 Å². The summed E-state index contributed by atoms with van der Waals surface area (Å²) in [5.74, 6) is 1.67. The van der Waals surface area contributed by atoms with Gasteiger partial charge in [-0.1, -0.05) is 0 Å². The zero-order chi connectivity index (χ0) is 17.9. The number of rotatable bonds is 0. The molecule has 3 rings (SSSR count). The van der Waals surface area contributed by atoms with Gasteiger partial charge < -0.3 is 0 Å². The Morgan fingerprint density at radius 3 is 1.50 bits per heavy atom. The predicted molar refractivity (Wildman–Crippen MR) is 94.5 cm³/mol. The Bertz CT molecular complexity index is 642. The van der Waals surface area contributed by atoms with Gasteiger partial charge in [-0.05, 0) is 53.2 Å².